The number of methoxy groups -OCH3 is 1. The summed E-state index contributed by atoms with van der Waals surface area (Å²) >= 11 is 3.36. The summed E-state index contributed by atoms with van der Waals surface area (Å²) in [5.41, 5.74) is 7.24. The highest BCUT2D eigenvalue weighted by Crippen LogP contribution is 2.32. The molecule has 0 saturated heterocycles. The smallest absolute Gasteiger partial charge is 0.255 e. The molecular weight excluding hydrogens is 339 g/mol. The summed E-state index contributed by atoms with van der Waals surface area (Å²) in [7, 11) is 1.51. The summed E-state index contributed by atoms with van der Waals surface area (Å²) in [6.45, 7) is 1.84. The first-order chi connectivity index (χ1) is 9.90. The van der Waals surface area contributed by atoms with Gasteiger partial charge in [0.1, 0.15) is 11.6 Å². The lowest BCUT2D eigenvalue weighted by atomic mass is 10.1. The number of nitrogen functional groups attached to an aromatic ring is 1. The van der Waals surface area contributed by atoms with Crippen molar-refractivity contribution in [1.82, 2.24) is 0 Å². The molecule has 0 bridgehead atoms. The Kier molecular flexibility index (Phi) is 4.47. The molecule has 0 unspecified atom stereocenters. The second kappa shape index (κ2) is 6.13. The van der Waals surface area contributed by atoms with Gasteiger partial charge in [-0.25, -0.2) is 4.39 Å². The van der Waals surface area contributed by atoms with Gasteiger partial charge in [-0.15, -0.1) is 0 Å². The molecule has 0 radical (unpaired) electrons. The fraction of sp³-hybridized carbons (Fsp3) is 0.133. The van der Waals surface area contributed by atoms with E-state index >= 15 is 0 Å². The number of nitrogens with two attached hydrogens (primary N) is 1. The zero-order chi connectivity index (χ0) is 15.6. The largest absolute Gasteiger partial charge is 0.495 e. The Bertz CT molecular complexity index is 684. The average Bonchev–Trinajstić information content (AvgIpc) is 2.40. The van der Waals surface area contributed by atoms with Crippen LogP contribution in [0.1, 0.15) is 15.9 Å². The fourth-order valence-corrected chi connectivity index (χ4v) is 2.51. The molecule has 0 fully saturated rings. The molecule has 0 aliphatic rings. The first-order valence-electron chi connectivity index (χ1n) is 6.12. The van der Waals surface area contributed by atoms with E-state index in [1.54, 1.807) is 6.07 Å². The normalized spacial score (nSPS) is 10.3. The molecule has 4 nitrogen and oxygen atoms in total. The number of anilines is 2. The van der Waals surface area contributed by atoms with Gasteiger partial charge < -0.3 is 15.8 Å². The molecule has 0 atom stereocenters. The summed E-state index contributed by atoms with van der Waals surface area (Å²) in [6, 6.07) is 7.29. The van der Waals surface area contributed by atoms with Gasteiger partial charge in [-0.1, -0.05) is 15.9 Å². The van der Waals surface area contributed by atoms with Crippen LogP contribution in [0.25, 0.3) is 0 Å². The molecule has 3 N–H and O–H groups in total. The topological polar surface area (TPSA) is 64.3 Å². The van der Waals surface area contributed by atoms with Crippen LogP contribution in [0.4, 0.5) is 15.8 Å². The summed E-state index contributed by atoms with van der Waals surface area (Å²) in [5.74, 6) is -0.496. The van der Waals surface area contributed by atoms with Crippen molar-refractivity contribution in [2.45, 2.75) is 6.92 Å². The highest BCUT2D eigenvalue weighted by Gasteiger charge is 2.14. The second-order valence-corrected chi connectivity index (χ2v) is 5.44. The van der Waals surface area contributed by atoms with Gasteiger partial charge in [-0.2, -0.15) is 0 Å². The first-order valence-corrected chi connectivity index (χ1v) is 6.91. The molecule has 6 heteroatoms. The molecule has 0 aromatic heterocycles. The summed E-state index contributed by atoms with van der Waals surface area (Å²) in [6.07, 6.45) is 0. The second-order valence-electron chi connectivity index (χ2n) is 4.53. The quantitative estimate of drug-likeness (QED) is 0.827. The summed E-state index contributed by atoms with van der Waals surface area (Å²) in [4.78, 5) is 12.2. The Labute approximate surface area is 130 Å². The third-order valence-electron chi connectivity index (χ3n) is 2.90. The van der Waals surface area contributed by atoms with E-state index in [1.807, 2.05) is 13.0 Å². The number of nitrogens with one attached hydrogen (secondary N) is 1. The number of aryl methyl sites for hydroxylation is 1. The number of rotatable bonds is 3. The van der Waals surface area contributed by atoms with Gasteiger partial charge in [0.25, 0.3) is 5.91 Å². The number of hydrogen-bond donors (Lipinski definition) is 2. The van der Waals surface area contributed by atoms with Crippen molar-refractivity contribution in [2.75, 3.05) is 18.2 Å². The van der Waals surface area contributed by atoms with Gasteiger partial charge in [0.2, 0.25) is 0 Å². The Balaban J connectivity index is 2.35. The summed E-state index contributed by atoms with van der Waals surface area (Å²) in [5, 5.41) is 2.72. The molecule has 2 aromatic rings. The molecule has 21 heavy (non-hydrogen) atoms. The van der Waals surface area contributed by atoms with Crippen LogP contribution < -0.4 is 15.8 Å². The molecular formula is C15H14BrFN2O2. The standard InChI is InChI=1S/C15H14BrFN2O2/c1-8-3-10(16)6-13(21-2)14(8)19-15(20)9-4-11(17)7-12(18)5-9/h3-7H,18H2,1-2H3,(H,19,20). The van der Waals surface area contributed by atoms with E-state index in [9.17, 15) is 9.18 Å². The minimum absolute atomic E-state index is 0.150. The van der Waals surface area contributed by atoms with Crippen LogP contribution >= 0.6 is 15.9 Å². The highest BCUT2D eigenvalue weighted by atomic mass is 79.9. The fourth-order valence-electron chi connectivity index (χ4n) is 1.96. The van der Waals surface area contributed by atoms with E-state index < -0.39 is 11.7 Å². The molecule has 2 rings (SSSR count). The van der Waals surface area contributed by atoms with Crippen molar-refractivity contribution in [2.24, 2.45) is 0 Å². The molecule has 0 aliphatic heterocycles. The van der Waals surface area contributed by atoms with Gasteiger partial charge in [0.05, 0.1) is 12.8 Å². The monoisotopic (exact) mass is 352 g/mol. The summed E-state index contributed by atoms with van der Waals surface area (Å²) < 4.78 is 19.4. The lowest BCUT2D eigenvalue weighted by Gasteiger charge is -2.14. The number of halogens is 2. The minimum atomic E-state index is -0.556. The molecule has 0 saturated carbocycles. The number of carbonyl (C=O) groups excluding carboxylic acids is 1. The van der Waals surface area contributed by atoms with Crippen molar-refractivity contribution < 1.29 is 13.9 Å². The van der Waals surface area contributed by atoms with Gasteiger partial charge in [0.15, 0.2) is 0 Å². The number of hydrogen-bond acceptors (Lipinski definition) is 3. The average molecular weight is 353 g/mol. The minimum Gasteiger partial charge on any atom is -0.495 e. The number of carbonyl (C=O) groups is 1. The first kappa shape index (κ1) is 15.3. The third kappa shape index (κ3) is 3.52. The van der Waals surface area contributed by atoms with E-state index in [-0.39, 0.29) is 11.3 Å². The Hall–Kier alpha value is -2.08. The predicted octanol–water partition coefficient (Wildman–Crippen LogP) is 3.74. The predicted molar refractivity (Wildman–Crippen MR) is 84.2 cm³/mol. The Morgan fingerprint density at radius 1 is 1.29 bits per heavy atom. The van der Waals surface area contributed by atoms with Crippen LogP contribution in [-0.2, 0) is 0 Å². The lowest BCUT2D eigenvalue weighted by molar-refractivity contribution is 0.102. The van der Waals surface area contributed by atoms with E-state index in [0.29, 0.717) is 11.4 Å². The van der Waals surface area contributed by atoms with Crippen molar-refractivity contribution in [3.05, 3.63) is 51.7 Å². The Morgan fingerprint density at radius 3 is 2.62 bits per heavy atom. The van der Waals surface area contributed by atoms with Crippen molar-refractivity contribution in [1.29, 1.82) is 0 Å². The highest BCUT2D eigenvalue weighted by molar-refractivity contribution is 9.10. The van der Waals surface area contributed by atoms with E-state index in [1.165, 1.54) is 13.2 Å². The molecule has 0 spiro atoms. The van der Waals surface area contributed by atoms with Gasteiger partial charge in [-0.05, 0) is 42.8 Å². The molecule has 110 valence electrons. The maximum absolute atomic E-state index is 13.3. The zero-order valence-corrected chi connectivity index (χ0v) is 13.1. The van der Waals surface area contributed by atoms with E-state index in [4.69, 9.17) is 10.5 Å². The van der Waals surface area contributed by atoms with Crippen LogP contribution in [0.5, 0.6) is 5.75 Å². The van der Waals surface area contributed by atoms with Crippen LogP contribution in [-0.4, -0.2) is 13.0 Å². The number of ether oxygens (including phenoxy) is 1. The zero-order valence-electron chi connectivity index (χ0n) is 11.5. The molecule has 1 amide bonds. The van der Waals surface area contributed by atoms with Crippen molar-refractivity contribution in [3.63, 3.8) is 0 Å². The lowest BCUT2D eigenvalue weighted by Crippen LogP contribution is -2.14. The maximum atomic E-state index is 13.3. The molecule has 2 aromatic carbocycles. The van der Waals surface area contributed by atoms with Gasteiger partial charge in [0, 0.05) is 15.7 Å². The maximum Gasteiger partial charge on any atom is 0.255 e. The van der Waals surface area contributed by atoms with Crippen LogP contribution in [0, 0.1) is 12.7 Å². The number of amides is 1. The third-order valence-corrected chi connectivity index (χ3v) is 3.36. The van der Waals surface area contributed by atoms with Crippen LogP contribution in [0.2, 0.25) is 0 Å². The molecule has 0 heterocycles. The molecule has 0 aliphatic carbocycles. The van der Waals surface area contributed by atoms with Crippen molar-refractivity contribution >= 4 is 33.2 Å². The van der Waals surface area contributed by atoms with Crippen molar-refractivity contribution in [3.8, 4) is 5.75 Å². The Morgan fingerprint density at radius 2 is 2.00 bits per heavy atom. The SMILES string of the molecule is COc1cc(Br)cc(C)c1NC(=O)c1cc(N)cc(F)c1. The van der Waals surface area contributed by atoms with Gasteiger partial charge >= 0.3 is 0 Å². The van der Waals surface area contributed by atoms with E-state index in [0.717, 1.165) is 22.2 Å². The van der Waals surface area contributed by atoms with E-state index in [2.05, 4.69) is 21.2 Å². The van der Waals surface area contributed by atoms with Gasteiger partial charge in [-0.3, -0.25) is 4.79 Å². The number of benzene rings is 2. The van der Waals surface area contributed by atoms with Crippen LogP contribution in [0.3, 0.4) is 0 Å². The van der Waals surface area contributed by atoms with Crippen LogP contribution in [0.15, 0.2) is 34.8 Å².